The van der Waals surface area contributed by atoms with Gasteiger partial charge in [0.05, 0.1) is 24.1 Å². The first-order chi connectivity index (χ1) is 17.0. The Labute approximate surface area is 218 Å². The standard InChI is InChI=1S/C27H37ClN2O6/c1-16(8-10-20-25(33)21(14-29-35-7)18(3)24(28)26(20)34-6)12-13-27(5)17(2)9-11-22(19(27)4)30-36-15-23(31)32/h8,12-14,17,19,33H,9-11,15H2,1-7H3,(H,31,32)/b13-12+,16-8+,29-14+,30-22+/t17-,19+,27+/m1/s1. The molecule has 0 amide bonds. The Morgan fingerprint density at radius 2 is 2.00 bits per heavy atom. The van der Waals surface area contributed by atoms with E-state index in [1.807, 2.05) is 13.0 Å². The topological polar surface area (TPSA) is 110 Å². The van der Waals surface area contributed by atoms with Crippen molar-refractivity contribution in [2.75, 3.05) is 20.8 Å². The van der Waals surface area contributed by atoms with Crippen LogP contribution in [0.3, 0.4) is 0 Å². The van der Waals surface area contributed by atoms with Crippen molar-refractivity contribution in [2.45, 2.75) is 53.9 Å². The second-order valence-electron chi connectivity index (χ2n) is 9.39. The van der Waals surface area contributed by atoms with Crippen molar-refractivity contribution in [3.63, 3.8) is 0 Å². The fourth-order valence-electron chi connectivity index (χ4n) is 4.46. The fourth-order valence-corrected chi connectivity index (χ4v) is 4.75. The summed E-state index contributed by atoms with van der Waals surface area (Å²) in [7, 11) is 2.95. The molecule has 1 saturated carbocycles. The summed E-state index contributed by atoms with van der Waals surface area (Å²) >= 11 is 6.52. The number of carbonyl (C=O) groups is 1. The molecule has 1 aliphatic rings. The van der Waals surface area contributed by atoms with Crippen LogP contribution >= 0.6 is 11.6 Å². The third kappa shape index (κ3) is 6.60. The summed E-state index contributed by atoms with van der Waals surface area (Å²) in [6, 6.07) is 0. The van der Waals surface area contributed by atoms with Crippen molar-refractivity contribution < 1.29 is 29.4 Å². The number of phenolic OH excluding ortho intramolecular Hbond substituents is 1. The minimum Gasteiger partial charge on any atom is -0.507 e. The van der Waals surface area contributed by atoms with Gasteiger partial charge >= 0.3 is 5.97 Å². The summed E-state index contributed by atoms with van der Waals surface area (Å²) in [5, 5.41) is 28.1. The van der Waals surface area contributed by atoms with Gasteiger partial charge in [-0.1, -0.05) is 66.5 Å². The molecule has 0 aromatic heterocycles. The van der Waals surface area contributed by atoms with Crippen LogP contribution in [-0.4, -0.2) is 48.9 Å². The van der Waals surface area contributed by atoms with E-state index in [9.17, 15) is 9.90 Å². The summed E-state index contributed by atoms with van der Waals surface area (Å²) in [4.78, 5) is 20.5. The van der Waals surface area contributed by atoms with E-state index in [-0.39, 0.29) is 17.1 Å². The van der Waals surface area contributed by atoms with Crippen LogP contribution in [0.2, 0.25) is 5.02 Å². The SMILES string of the molecule is CO/N=C/c1c(C)c(Cl)c(OC)c(C/C=C(C)/C=C/[C@@]2(C)[C@H](C)CC/C(=N\OCC(=O)O)[C@@H]2C)c1O. The molecule has 3 atom stereocenters. The number of allylic oxidation sites excluding steroid dienone is 4. The number of halogens is 1. The Bertz CT molecular complexity index is 1080. The van der Waals surface area contributed by atoms with Crippen molar-refractivity contribution in [1.82, 2.24) is 0 Å². The first kappa shape index (κ1) is 29.2. The zero-order valence-electron chi connectivity index (χ0n) is 22.1. The number of aromatic hydroxyl groups is 1. The molecule has 2 N–H and O–H groups in total. The van der Waals surface area contributed by atoms with E-state index >= 15 is 0 Å². The predicted octanol–water partition coefficient (Wildman–Crippen LogP) is 5.92. The van der Waals surface area contributed by atoms with Crippen LogP contribution in [0, 0.1) is 24.2 Å². The molecule has 1 aromatic carbocycles. The molecule has 1 aliphatic carbocycles. The van der Waals surface area contributed by atoms with Crippen LogP contribution in [0.5, 0.6) is 11.5 Å². The number of rotatable bonds is 10. The van der Waals surface area contributed by atoms with Crippen LogP contribution in [0.4, 0.5) is 0 Å². The second kappa shape index (κ2) is 12.8. The van der Waals surface area contributed by atoms with Gasteiger partial charge in [0.2, 0.25) is 6.61 Å². The highest BCUT2D eigenvalue weighted by atomic mass is 35.5. The predicted molar refractivity (Wildman–Crippen MR) is 142 cm³/mol. The van der Waals surface area contributed by atoms with Crippen LogP contribution < -0.4 is 4.74 Å². The highest BCUT2D eigenvalue weighted by Crippen LogP contribution is 2.45. The van der Waals surface area contributed by atoms with Crippen molar-refractivity contribution >= 4 is 29.5 Å². The lowest BCUT2D eigenvalue weighted by atomic mass is 9.61. The Balaban J connectivity index is 2.31. The molecule has 1 aromatic rings. The molecule has 0 spiro atoms. The van der Waals surface area contributed by atoms with Gasteiger partial charge in [0.25, 0.3) is 0 Å². The van der Waals surface area contributed by atoms with Gasteiger partial charge in [0.1, 0.15) is 18.6 Å². The molecule has 2 rings (SSSR count). The molecule has 0 unspecified atom stereocenters. The molecule has 36 heavy (non-hydrogen) atoms. The lowest BCUT2D eigenvalue weighted by Gasteiger charge is -2.43. The maximum atomic E-state index is 10.9. The molecule has 9 heteroatoms. The molecule has 8 nitrogen and oxygen atoms in total. The number of hydrogen-bond acceptors (Lipinski definition) is 7. The summed E-state index contributed by atoms with van der Waals surface area (Å²) in [6.45, 7) is 9.84. The number of hydrogen-bond donors (Lipinski definition) is 2. The Kier molecular flexibility index (Phi) is 10.4. The quantitative estimate of drug-likeness (QED) is 0.225. The number of nitrogens with zero attached hydrogens (tertiary/aromatic N) is 2. The van der Waals surface area contributed by atoms with E-state index in [0.29, 0.717) is 39.8 Å². The van der Waals surface area contributed by atoms with Crippen molar-refractivity contribution in [2.24, 2.45) is 27.6 Å². The van der Waals surface area contributed by atoms with Gasteiger partial charge in [-0.05, 0) is 50.0 Å². The zero-order valence-corrected chi connectivity index (χ0v) is 22.8. The van der Waals surface area contributed by atoms with Gasteiger partial charge in [-0.15, -0.1) is 0 Å². The van der Waals surface area contributed by atoms with Gasteiger partial charge in [-0.25, -0.2) is 4.79 Å². The smallest absolute Gasteiger partial charge is 0.344 e. The normalized spacial score (nSPS) is 24.0. The molecule has 1 fully saturated rings. The monoisotopic (exact) mass is 520 g/mol. The molecule has 0 heterocycles. The molecule has 0 radical (unpaired) electrons. The molecule has 198 valence electrons. The van der Waals surface area contributed by atoms with Crippen molar-refractivity contribution in [3.05, 3.63) is 45.5 Å². The van der Waals surface area contributed by atoms with Crippen molar-refractivity contribution in [1.29, 1.82) is 0 Å². The van der Waals surface area contributed by atoms with E-state index in [4.69, 9.17) is 31.1 Å². The molecular formula is C27H37ClN2O6. The minimum atomic E-state index is -1.05. The average molecular weight is 521 g/mol. The number of carboxylic acid groups (broad SMARTS) is 1. The van der Waals surface area contributed by atoms with Crippen LogP contribution in [0.25, 0.3) is 0 Å². The van der Waals surface area contributed by atoms with Crippen molar-refractivity contribution in [3.8, 4) is 11.5 Å². The number of methoxy groups -OCH3 is 1. The molecule has 0 bridgehead atoms. The lowest BCUT2D eigenvalue weighted by molar-refractivity contribution is -0.142. The maximum absolute atomic E-state index is 10.9. The minimum absolute atomic E-state index is 0.0475. The number of ether oxygens (including phenoxy) is 1. The van der Waals surface area contributed by atoms with E-state index in [0.717, 1.165) is 24.1 Å². The fraction of sp³-hybridized carbons (Fsp3) is 0.519. The van der Waals surface area contributed by atoms with Gasteiger partial charge in [-0.2, -0.15) is 0 Å². The Hall–Kier alpha value is -3.00. The Morgan fingerprint density at radius 1 is 1.31 bits per heavy atom. The van der Waals surface area contributed by atoms with Crippen LogP contribution in [0.1, 0.15) is 57.2 Å². The summed E-state index contributed by atoms with van der Waals surface area (Å²) < 4.78 is 5.51. The van der Waals surface area contributed by atoms with Crippen LogP contribution in [-0.2, 0) is 20.9 Å². The first-order valence-electron chi connectivity index (χ1n) is 11.9. The molecule has 0 saturated heterocycles. The van der Waals surface area contributed by atoms with Gasteiger partial charge in [0, 0.05) is 17.0 Å². The molecular weight excluding hydrogens is 484 g/mol. The zero-order chi connectivity index (χ0) is 27.0. The molecule has 0 aliphatic heterocycles. The third-order valence-corrected chi connectivity index (χ3v) is 7.73. The highest BCUT2D eigenvalue weighted by Gasteiger charge is 2.41. The van der Waals surface area contributed by atoms with Crippen LogP contribution in [0.15, 0.2) is 34.1 Å². The second-order valence-corrected chi connectivity index (χ2v) is 9.77. The number of benzene rings is 1. The largest absolute Gasteiger partial charge is 0.507 e. The van der Waals surface area contributed by atoms with Gasteiger partial charge < -0.3 is 24.6 Å². The van der Waals surface area contributed by atoms with Gasteiger partial charge in [0.15, 0.2) is 0 Å². The summed E-state index contributed by atoms with van der Waals surface area (Å²) in [6.07, 6.45) is 9.81. The number of aliphatic carboxylic acids is 1. The summed E-state index contributed by atoms with van der Waals surface area (Å²) in [5.74, 6) is -0.0844. The first-order valence-corrected chi connectivity index (χ1v) is 12.3. The van der Waals surface area contributed by atoms with E-state index < -0.39 is 12.6 Å². The summed E-state index contributed by atoms with van der Waals surface area (Å²) in [5.41, 5.74) is 3.39. The Morgan fingerprint density at radius 3 is 2.61 bits per heavy atom. The van der Waals surface area contributed by atoms with Gasteiger partial charge in [-0.3, -0.25) is 0 Å². The lowest BCUT2D eigenvalue weighted by Crippen LogP contribution is -2.40. The van der Waals surface area contributed by atoms with E-state index in [1.54, 1.807) is 6.92 Å². The van der Waals surface area contributed by atoms with E-state index in [1.165, 1.54) is 20.4 Å². The number of phenols is 1. The number of oxime groups is 2. The average Bonchev–Trinajstić information content (AvgIpc) is 2.84. The highest BCUT2D eigenvalue weighted by molar-refractivity contribution is 6.33. The maximum Gasteiger partial charge on any atom is 0.344 e. The third-order valence-electron chi connectivity index (χ3n) is 7.27. The number of carboxylic acids is 1. The van der Waals surface area contributed by atoms with E-state index in [2.05, 4.69) is 43.2 Å².